The van der Waals surface area contributed by atoms with Gasteiger partial charge in [-0.15, -0.1) is 0 Å². The van der Waals surface area contributed by atoms with E-state index in [0.29, 0.717) is 39.7 Å². The van der Waals surface area contributed by atoms with Gasteiger partial charge in [-0.2, -0.15) is 5.10 Å². The summed E-state index contributed by atoms with van der Waals surface area (Å²) >= 11 is 0. The van der Waals surface area contributed by atoms with E-state index in [4.69, 9.17) is 13.9 Å². The number of carbonyl (C=O) groups excluding carboxylic acids is 2. The third-order valence-corrected chi connectivity index (χ3v) is 5.06. The summed E-state index contributed by atoms with van der Waals surface area (Å²) in [6.45, 7) is 3.37. The second-order valence-electron chi connectivity index (χ2n) is 7.46. The number of nitro groups is 1. The fraction of sp³-hybridized carbons (Fsp3) is 0.174. The molecular weight excluding hydrogens is 444 g/mol. The van der Waals surface area contributed by atoms with Gasteiger partial charge in [0.05, 0.1) is 11.1 Å². The van der Waals surface area contributed by atoms with Crippen molar-refractivity contribution in [3.63, 3.8) is 0 Å². The molecule has 2 amide bonds. The van der Waals surface area contributed by atoms with Crippen molar-refractivity contribution in [3.05, 3.63) is 75.5 Å². The number of carbonyl (C=O) groups is 2. The van der Waals surface area contributed by atoms with E-state index >= 15 is 0 Å². The number of nitro benzene ring substituents is 1. The Bertz CT molecular complexity index is 1300. The summed E-state index contributed by atoms with van der Waals surface area (Å²) in [7, 11) is 0. The molecule has 2 heterocycles. The Morgan fingerprint density at radius 1 is 1.12 bits per heavy atom. The van der Waals surface area contributed by atoms with Crippen LogP contribution >= 0.6 is 0 Å². The number of nitrogens with one attached hydrogen (secondary N) is 2. The lowest BCUT2D eigenvalue weighted by Gasteiger charge is -2.12. The Hall–Kier alpha value is -4.67. The van der Waals surface area contributed by atoms with E-state index in [1.54, 1.807) is 43.3 Å². The monoisotopic (exact) mass is 464 g/mol. The quantitative estimate of drug-likeness (QED) is 0.310. The van der Waals surface area contributed by atoms with Crippen LogP contribution in [0.1, 0.15) is 28.6 Å². The van der Waals surface area contributed by atoms with Crippen LogP contribution in [0.4, 0.5) is 5.69 Å². The molecule has 11 heteroatoms. The van der Waals surface area contributed by atoms with Gasteiger partial charge in [-0.05, 0) is 55.8 Å². The molecule has 0 fully saturated rings. The number of ether oxygens (including phenoxy) is 2. The van der Waals surface area contributed by atoms with E-state index in [1.807, 2.05) is 0 Å². The van der Waals surface area contributed by atoms with E-state index in [-0.39, 0.29) is 12.5 Å². The molecule has 1 aliphatic heterocycles. The van der Waals surface area contributed by atoms with Gasteiger partial charge in [0, 0.05) is 23.3 Å². The van der Waals surface area contributed by atoms with Crippen LogP contribution < -0.4 is 20.2 Å². The maximum atomic E-state index is 12.4. The minimum absolute atomic E-state index is 0.00274. The van der Waals surface area contributed by atoms with Crippen LogP contribution in [0.5, 0.6) is 11.5 Å². The van der Waals surface area contributed by atoms with Gasteiger partial charge in [0.15, 0.2) is 11.5 Å². The Labute approximate surface area is 193 Å². The molecule has 0 saturated carbocycles. The van der Waals surface area contributed by atoms with Crippen molar-refractivity contribution in [2.75, 3.05) is 6.79 Å². The number of non-ortho nitro benzene ring substituents is 1. The van der Waals surface area contributed by atoms with Crippen LogP contribution in [-0.2, 0) is 4.79 Å². The zero-order valence-electron chi connectivity index (χ0n) is 18.2. The third-order valence-electron chi connectivity index (χ3n) is 5.06. The normalized spacial score (nSPS) is 13.0. The highest BCUT2D eigenvalue weighted by Crippen LogP contribution is 2.32. The van der Waals surface area contributed by atoms with Gasteiger partial charge in [0.1, 0.15) is 17.6 Å². The van der Waals surface area contributed by atoms with Crippen LogP contribution in [0.15, 0.2) is 58.0 Å². The molecule has 0 aliphatic carbocycles. The smallest absolute Gasteiger partial charge is 0.269 e. The van der Waals surface area contributed by atoms with Gasteiger partial charge in [-0.1, -0.05) is 0 Å². The van der Waals surface area contributed by atoms with Crippen molar-refractivity contribution in [3.8, 4) is 22.8 Å². The van der Waals surface area contributed by atoms with Gasteiger partial charge in [-0.25, -0.2) is 5.43 Å². The zero-order valence-corrected chi connectivity index (χ0v) is 18.2. The molecule has 0 bridgehead atoms. The maximum absolute atomic E-state index is 12.4. The predicted octanol–water partition coefficient (Wildman–Crippen LogP) is 3.16. The number of rotatable bonds is 7. The minimum atomic E-state index is -0.856. The lowest BCUT2D eigenvalue weighted by molar-refractivity contribution is -0.384. The third kappa shape index (κ3) is 4.88. The van der Waals surface area contributed by atoms with E-state index < -0.39 is 22.8 Å². The van der Waals surface area contributed by atoms with Gasteiger partial charge in [0.2, 0.25) is 6.79 Å². The largest absolute Gasteiger partial charge is 0.455 e. The molecule has 2 N–H and O–H groups in total. The van der Waals surface area contributed by atoms with E-state index in [0.717, 1.165) is 0 Å². The number of furan rings is 1. The molecule has 1 aliphatic rings. The summed E-state index contributed by atoms with van der Waals surface area (Å²) < 4.78 is 16.2. The molecule has 4 rings (SSSR count). The fourth-order valence-electron chi connectivity index (χ4n) is 3.24. The Morgan fingerprint density at radius 3 is 2.68 bits per heavy atom. The highest BCUT2D eigenvalue weighted by atomic mass is 16.7. The average molecular weight is 464 g/mol. The number of nitrogens with zero attached hydrogens (tertiary/aromatic N) is 2. The number of hydrazone groups is 1. The molecule has 0 radical (unpaired) electrons. The number of aryl methyl sites for hydroxylation is 1. The number of fused-ring (bicyclic) bond motifs is 1. The van der Waals surface area contributed by atoms with E-state index in [1.165, 1.54) is 25.3 Å². The summed E-state index contributed by atoms with van der Waals surface area (Å²) in [5.41, 5.74) is 4.06. The molecule has 11 nitrogen and oxygen atoms in total. The zero-order chi connectivity index (χ0) is 24.2. The first-order chi connectivity index (χ1) is 16.3. The van der Waals surface area contributed by atoms with Crippen LogP contribution in [0.3, 0.4) is 0 Å². The van der Waals surface area contributed by atoms with Crippen molar-refractivity contribution in [1.82, 2.24) is 10.7 Å². The Balaban J connectivity index is 1.33. The molecule has 0 saturated heterocycles. The molecule has 0 spiro atoms. The summed E-state index contributed by atoms with van der Waals surface area (Å²) in [5, 5.41) is 17.3. The molecule has 3 aromatic rings. The Kier molecular flexibility index (Phi) is 6.26. The summed E-state index contributed by atoms with van der Waals surface area (Å²) in [4.78, 5) is 35.1. The second kappa shape index (κ2) is 9.45. The second-order valence-corrected chi connectivity index (χ2v) is 7.46. The van der Waals surface area contributed by atoms with Crippen molar-refractivity contribution in [2.24, 2.45) is 5.10 Å². The molecule has 0 unspecified atom stereocenters. The average Bonchev–Trinajstić information content (AvgIpc) is 3.47. The predicted molar refractivity (Wildman–Crippen MR) is 121 cm³/mol. The first-order valence-electron chi connectivity index (χ1n) is 10.2. The highest BCUT2D eigenvalue weighted by Gasteiger charge is 2.20. The number of amides is 2. The molecular formula is C23H20N4O7. The molecule has 1 aromatic heterocycles. The number of hydrogen-bond donors (Lipinski definition) is 2. The van der Waals surface area contributed by atoms with Gasteiger partial charge < -0.3 is 19.2 Å². The molecule has 34 heavy (non-hydrogen) atoms. The fourth-order valence-corrected chi connectivity index (χ4v) is 3.24. The summed E-state index contributed by atoms with van der Waals surface area (Å²) in [6.07, 6.45) is 1.31. The standard InChI is InChI=1S/C23H20N4O7/c1-13-9-16(27(30)31)4-6-18(13)19-8-5-17(34-19)11-24-26-22(28)14(2)25-23(29)15-3-7-20-21(10-15)33-12-32-20/h3-11,14H,12H2,1-2H3,(H,25,29)(H,26,28)/b24-11-/t14-/m0/s1. The van der Waals surface area contributed by atoms with Crippen molar-refractivity contribution < 1.29 is 28.4 Å². The number of hydrogen-bond acceptors (Lipinski definition) is 8. The lowest BCUT2D eigenvalue weighted by Crippen LogP contribution is -2.43. The molecule has 2 aromatic carbocycles. The topological polar surface area (TPSA) is 145 Å². The van der Waals surface area contributed by atoms with E-state index in [9.17, 15) is 19.7 Å². The van der Waals surface area contributed by atoms with Crippen molar-refractivity contribution >= 4 is 23.7 Å². The SMILES string of the molecule is Cc1cc([N+](=O)[O-])ccc1-c1ccc(/C=N\NC(=O)[C@H](C)NC(=O)c2ccc3c(c2)OCO3)o1. The van der Waals surface area contributed by atoms with Gasteiger partial charge in [-0.3, -0.25) is 19.7 Å². The van der Waals surface area contributed by atoms with Crippen molar-refractivity contribution in [2.45, 2.75) is 19.9 Å². The van der Waals surface area contributed by atoms with Crippen molar-refractivity contribution in [1.29, 1.82) is 0 Å². The van der Waals surface area contributed by atoms with Crippen LogP contribution in [0.2, 0.25) is 0 Å². The summed E-state index contributed by atoms with van der Waals surface area (Å²) in [5.74, 6) is 0.926. The van der Waals surface area contributed by atoms with E-state index in [2.05, 4.69) is 15.8 Å². The highest BCUT2D eigenvalue weighted by molar-refractivity contribution is 5.98. The van der Waals surface area contributed by atoms with Crippen LogP contribution in [0, 0.1) is 17.0 Å². The van der Waals surface area contributed by atoms with Crippen LogP contribution in [-0.4, -0.2) is 35.8 Å². The first-order valence-corrected chi connectivity index (χ1v) is 10.2. The first kappa shape index (κ1) is 22.5. The Morgan fingerprint density at radius 2 is 1.91 bits per heavy atom. The van der Waals surface area contributed by atoms with Crippen LogP contribution in [0.25, 0.3) is 11.3 Å². The number of benzene rings is 2. The maximum Gasteiger partial charge on any atom is 0.269 e. The van der Waals surface area contributed by atoms with Gasteiger partial charge in [0.25, 0.3) is 17.5 Å². The molecule has 1 atom stereocenters. The lowest BCUT2D eigenvalue weighted by atomic mass is 10.1. The van der Waals surface area contributed by atoms with Gasteiger partial charge >= 0.3 is 0 Å². The molecule has 174 valence electrons. The summed E-state index contributed by atoms with van der Waals surface area (Å²) in [6, 6.07) is 11.7. The minimum Gasteiger partial charge on any atom is -0.455 e.